The van der Waals surface area contributed by atoms with E-state index in [0.29, 0.717) is 11.4 Å². The summed E-state index contributed by atoms with van der Waals surface area (Å²) in [5.41, 5.74) is 1.08. The third-order valence-electron chi connectivity index (χ3n) is 4.30. The molecule has 3 aromatic carbocycles. The molecule has 2 N–H and O–H groups in total. The van der Waals surface area contributed by atoms with Gasteiger partial charge in [0.2, 0.25) is 5.91 Å². The van der Waals surface area contributed by atoms with Crippen LogP contribution in [0, 0.1) is 5.82 Å². The van der Waals surface area contributed by atoms with Crippen LogP contribution in [0.5, 0.6) is 0 Å². The number of carbonyl (C=O) groups excluding carboxylic acids is 3. The first kappa shape index (κ1) is 22.3. The molecule has 3 rings (SSSR count). The number of anilines is 2. The van der Waals surface area contributed by atoms with E-state index in [9.17, 15) is 18.8 Å². The van der Waals surface area contributed by atoms with Gasteiger partial charge in [0.1, 0.15) is 11.1 Å². The topological polar surface area (TPSA) is 84.5 Å². The Bertz CT molecular complexity index is 1090. The van der Waals surface area contributed by atoms with Crippen LogP contribution in [-0.2, 0) is 19.1 Å². The zero-order chi connectivity index (χ0) is 22.2. The first-order valence-corrected chi connectivity index (χ1v) is 10.6. The molecule has 0 fully saturated rings. The first-order valence-electron chi connectivity index (χ1n) is 9.53. The minimum Gasteiger partial charge on any atom is -0.455 e. The van der Waals surface area contributed by atoms with Crippen LogP contribution >= 0.6 is 11.8 Å². The molecule has 6 nitrogen and oxygen atoms in total. The van der Waals surface area contributed by atoms with Gasteiger partial charge in [-0.2, -0.15) is 0 Å². The molecule has 0 aliphatic carbocycles. The van der Waals surface area contributed by atoms with Crippen molar-refractivity contribution in [3.8, 4) is 0 Å². The maximum atomic E-state index is 12.9. The molecule has 0 spiro atoms. The second kappa shape index (κ2) is 10.6. The summed E-state index contributed by atoms with van der Waals surface area (Å²) in [6, 6.07) is 18.7. The summed E-state index contributed by atoms with van der Waals surface area (Å²) < 4.78 is 17.9. The third kappa shape index (κ3) is 6.82. The van der Waals surface area contributed by atoms with Gasteiger partial charge in [0.05, 0.1) is 5.75 Å². The number of esters is 1. The molecular weight excluding hydrogens is 419 g/mol. The fourth-order valence-corrected chi connectivity index (χ4v) is 3.39. The molecule has 3 aromatic rings. The average Bonchev–Trinajstić information content (AvgIpc) is 2.77. The smallest absolute Gasteiger partial charge is 0.319 e. The number of fused-ring (bicyclic) bond motifs is 1. The molecule has 0 aliphatic rings. The summed E-state index contributed by atoms with van der Waals surface area (Å²) in [5, 5.41) is 6.72. The SMILES string of the molecule is C[C@H](SCC(=O)Nc1ccc(F)cc1)C(=O)OCC(=O)Nc1ccc2ccccc2c1. The molecule has 8 heteroatoms. The Kier molecular flexibility index (Phi) is 7.61. The lowest BCUT2D eigenvalue weighted by molar-refractivity contribution is -0.146. The largest absolute Gasteiger partial charge is 0.455 e. The Balaban J connectivity index is 1.40. The van der Waals surface area contributed by atoms with Gasteiger partial charge < -0.3 is 15.4 Å². The Labute approximate surface area is 183 Å². The third-order valence-corrected chi connectivity index (χ3v) is 5.42. The highest BCUT2D eigenvalue weighted by atomic mass is 32.2. The summed E-state index contributed by atoms with van der Waals surface area (Å²) in [7, 11) is 0. The van der Waals surface area contributed by atoms with Crippen LogP contribution < -0.4 is 10.6 Å². The van der Waals surface area contributed by atoms with Gasteiger partial charge in [0, 0.05) is 11.4 Å². The van der Waals surface area contributed by atoms with Crippen molar-refractivity contribution in [2.24, 2.45) is 0 Å². The molecule has 0 saturated heterocycles. The minimum atomic E-state index is -0.632. The summed E-state index contributed by atoms with van der Waals surface area (Å²) in [6.07, 6.45) is 0. The number of carbonyl (C=O) groups is 3. The van der Waals surface area contributed by atoms with Crippen molar-refractivity contribution >= 4 is 51.7 Å². The lowest BCUT2D eigenvalue weighted by atomic mass is 10.1. The first-order chi connectivity index (χ1) is 14.9. The number of benzene rings is 3. The highest BCUT2D eigenvalue weighted by molar-refractivity contribution is 8.01. The van der Waals surface area contributed by atoms with Crippen LogP contribution in [-0.4, -0.2) is 35.4 Å². The van der Waals surface area contributed by atoms with E-state index in [2.05, 4.69) is 10.6 Å². The lowest BCUT2D eigenvalue weighted by Gasteiger charge is -2.12. The molecule has 31 heavy (non-hydrogen) atoms. The van der Waals surface area contributed by atoms with Crippen LogP contribution in [0.15, 0.2) is 66.7 Å². The Hall–Kier alpha value is -3.39. The quantitative estimate of drug-likeness (QED) is 0.513. The molecule has 0 saturated carbocycles. The standard InChI is InChI=1S/C23H21FN2O4S/c1-15(31-14-22(28)25-19-10-7-18(24)8-11-19)23(29)30-13-21(27)26-20-9-6-16-4-2-3-5-17(16)12-20/h2-12,15H,13-14H2,1H3,(H,25,28)(H,26,27)/t15-/m0/s1. The number of hydrogen-bond donors (Lipinski definition) is 2. The van der Waals surface area contributed by atoms with Crippen LogP contribution in [0.3, 0.4) is 0 Å². The Morgan fingerprint density at radius 3 is 2.29 bits per heavy atom. The number of halogens is 1. The van der Waals surface area contributed by atoms with E-state index >= 15 is 0 Å². The van der Waals surface area contributed by atoms with Crippen molar-refractivity contribution in [1.29, 1.82) is 0 Å². The fourth-order valence-electron chi connectivity index (χ4n) is 2.72. The van der Waals surface area contributed by atoms with E-state index in [0.717, 1.165) is 22.5 Å². The number of rotatable bonds is 8. The van der Waals surface area contributed by atoms with Gasteiger partial charge in [0.25, 0.3) is 5.91 Å². The molecule has 0 radical (unpaired) electrons. The van der Waals surface area contributed by atoms with E-state index in [4.69, 9.17) is 4.74 Å². The zero-order valence-corrected chi connectivity index (χ0v) is 17.6. The number of amides is 2. The van der Waals surface area contributed by atoms with Gasteiger partial charge in [-0.25, -0.2) is 4.39 Å². The summed E-state index contributed by atoms with van der Waals surface area (Å²) in [6.45, 7) is 1.18. The molecule has 2 amide bonds. The predicted molar refractivity (Wildman–Crippen MR) is 120 cm³/mol. The number of ether oxygens (including phenoxy) is 1. The van der Waals surface area contributed by atoms with E-state index in [1.165, 1.54) is 24.3 Å². The van der Waals surface area contributed by atoms with Gasteiger partial charge in [0.15, 0.2) is 6.61 Å². The Morgan fingerprint density at radius 2 is 1.55 bits per heavy atom. The van der Waals surface area contributed by atoms with Crippen molar-refractivity contribution in [1.82, 2.24) is 0 Å². The van der Waals surface area contributed by atoms with Crippen molar-refractivity contribution in [3.05, 3.63) is 72.5 Å². The normalized spacial score (nSPS) is 11.5. The fraction of sp³-hybridized carbons (Fsp3) is 0.174. The van der Waals surface area contributed by atoms with Crippen LogP contribution in [0.4, 0.5) is 15.8 Å². The lowest BCUT2D eigenvalue weighted by Crippen LogP contribution is -2.26. The van der Waals surface area contributed by atoms with Crippen molar-refractivity contribution in [3.63, 3.8) is 0 Å². The van der Waals surface area contributed by atoms with Crippen molar-refractivity contribution in [2.75, 3.05) is 23.0 Å². The maximum Gasteiger partial charge on any atom is 0.319 e. The van der Waals surface area contributed by atoms with Crippen LogP contribution in [0.25, 0.3) is 10.8 Å². The maximum absolute atomic E-state index is 12.9. The minimum absolute atomic E-state index is 0.0108. The second-order valence-electron chi connectivity index (χ2n) is 6.73. The number of thioether (sulfide) groups is 1. The molecule has 0 unspecified atom stereocenters. The van der Waals surface area contributed by atoms with Gasteiger partial charge in [-0.3, -0.25) is 14.4 Å². The number of hydrogen-bond acceptors (Lipinski definition) is 5. The van der Waals surface area contributed by atoms with E-state index in [1.54, 1.807) is 13.0 Å². The van der Waals surface area contributed by atoms with E-state index < -0.39 is 29.6 Å². The highest BCUT2D eigenvalue weighted by Gasteiger charge is 2.18. The molecule has 0 aliphatic heterocycles. The summed E-state index contributed by atoms with van der Waals surface area (Å²) >= 11 is 1.08. The Morgan fingerprint density at radius 1 is 0.903 bits per heavy atom. The van der Waals surface area contributed by atoms with Crippen molar-refractivity contribution < 1.29 is 23.5 Å². The van der Waals surface area contributed by atoms with Gasteiger partial charge in [-0.1, -0.05) is 30.3 Å². The number of nitrogens with one attached hydrogen (secondary N) is 2. The predicted octanol–water partition coefficient (Wildman–Crippen LogP) is 4.22. The molecule has 0 heterocycles. The average molecular weight is 440 g/mol. The second-order valence-corrected chi connectivity index (χ2v) is 8.06. The highest BCUT2D eigenvalue weighted by Crippen LogP contribution is 2.19. The molecule has 1 atom stereocenters. The summed E-state index contributed by atoms with van der Waals surface area (Å²) in [4.78, 5) is 36.1. The van der Waals surface area contributed by atoms with Crippen LogP contribution in [0.1, 0.15) is 6.92 Å². The van der Waals surface area contributed by atoms with Gasteiger partial charge >= 0.3 is 5.97 Å². The van der Waals surface area contributed by atoms with E-state index in [-0.39, 0.29) is 11.7 Å². The van der Waals surface area contributed by atoms with Crippen LogP contribution in [0.2, 0.25) is 0 Å². The van der Waals surface area contributed by atoms with E-state index in [1.807, 2.05) is 36.4 Å². The summed E-state index contributed by atoms with van der Waals surface area (Å²) in [5.74, 6) is -1.75. The van der Waals surface area contributed by atoms with Crippen molar-refractivity contribution in [2.45, 2.75) is 12.2 Å². The molecule has 160 valence electrons. The van der Waals surface area contributed by atoms with Gasteiger partial charge in [-0.15, -0.1) is 11.8 Å². The molecular formula is C23H21FN2O4S. The van der Waals surface area contributed by atoms with Gasteiger partial charge in [-0.05, 0) is 54.1 Å². The monoisotopic (exact) mass is 440 g/mol. The molecule has 0 bridgehead atoms. The zero-order valence-electron chi connectivity index (χ0n) is 16.8. The molecule has 0 aromatic heterocycles.